The van der Waals surface area contributed by atoms with Crippen LogP contribution in [0.1, 0.15) is 12.5 Å². The van der Waals surface area contributed by atoms with Crippen molar-refractivity contribution in [3.63, 3.8) is 0 Å². The van der Waals surface area contributed by atoms with E-state index in [0.717, 1.165) is 5.56 Å². The van der Waals surface area contributed by atoms with E-state index in [9.17, 15) is 9.90 Å². The number of rotatable bonds is 4. The molecule has 0 heterocycles. The molecule has 15 heavy (non-hydrogen) atoms. The van der Waals surface area contributed by atoms with Gasteiger partial charge in [0.25, 0.3) is 0 Å². The second-order valence-electron chi connectivity index (χ2n) is 4.14. The number of nitrogens with zero attached hydrogens (tertiary/aromatic N) is 1. The largest absolute Gasteiger partial charge is 0.480 e. The summed E-state index contributed by atoms with van der Waals surface area (Å²) in [6, 6.07) is 9.67. The number of carboxylic acids is 1. The Morgan fingerprint density at radius 2 is 1.87 bits per heavy atom. The summed E-state index contributed by atoms with van der Waals surface area (Å²) in [6.07, 6.45) is 0.510. The van der Waals surface area contributed by atoms with Gasteiger partial charge >= 0.3 is 5.97 Å². The molecule has 82 valence electrons. The van der Waals surface area contributed by atoms with E-state index >= 15 is 0 Å². The van der Waals surface area contributed by atoms with Gasteiger partial charge in [0.05, 0.1) is 0 Å². The number of carboxylic acid groups (broad SMARTS) is 1. The highest BCUT2D eigenvalue weighted by Crippen LogP contribution is 2.18. The molecular weight excluding hydrogens is 190 g/mol. The summed E-state index contributed by atoms with van der Waals surface area (Å²) < 4.78 is 0. The summed E-state index contributed by atoms with van der Waals surface area (Å²) in [6.45, 7) is 1.74. The minimum atomic E-state index is -0.846. The summed E-state index contributed by atoms with van der Waals surface area (Å²) in [4.78, 5) is 13.0. The van der Waals surface area contributed by atoms with Crippen LogP contribution in [0.5, 0.6) is 0 Å². The predicted molar refractivity (Wildman–Crippen MR) is 59.9 cm³/mol. The molecule has 0 amide bonds. The zero-order valence-corrected chi connectivity index (χ0v) is 9.40. The minimum absolute atomic E-state index is 0.510. The number of carbonyl (C=O) groups is 1. The van der Waals surface area contributed by atoms with Crippen LogP contribution in [0.3, 0.4) is 0 Å². The monoisotopic (exact) mass is 207 g/mol. The summed E-state index contributed by atoms with van der Waals surface area (Å²) in [5, 5.41) is 9.22. The molecule has 3 nitrogen and oxygen atoms in total. The molecule has 1 aromatic rings. The SMILES string of the molecule is CN(C)C(C)(Cc1ccccc1)C(=O)O. The maximum atomic E-state index is 11.2. The lowest BCUT2D eigenvalue weighted by Gasteiger charge is -2.32. The van der Waals surface area contributed by atoms with E-state index in [4.69, 9.17) is 0 Å². The maximum Gasteiger partial charge on any atom is 0.324 e. The van der Waals surface area contributed by atoms with E-state index in [1.54, 1.807) is 25.9 Å². The Hall–Kier alpha value is -1.35. The molecule has 3 heteroatoms. The number of benzene rings is 1. The zero-order chi connectivity index (χ0) is 11.5. The predicted octanol–water partition coefficient (Wildman–Crippen LogP) is 1.63. The van der Waals surface area contributed by atoms with Crippen molar-refractivity contribution in [2.45, 2.75) is 18.9 Å². The molecule has 0 bridgehead atoms. The highest BCUT2D eigenvalue weighted by Gasteiger charge is 2.35. The van der Waals surface area contributed by atoms with Crippen molar-refractivity contribution < 1.29 is 9.90 Å². The van der Waals surface area contributed by atoms with Crippen molar-refractivity contribution in [2.75, 3.05) is 14.1 Å². The van der Waals surface area contributed by atoms with Crippen molar-refractivity contribution in [3.8, 4) is 0 Å². The molecule has 0 radical (unpaired) electrons. The molecule has 0 aromatic heterocycles. The molecule has 1 unspecified atom stereocenters. The van der Waals surface area contributed by atoms with Gasteiger partial charge in [-0.05, 0) is 26.6 Å². The lowest BCUT2D eigenvalue weighted by molar-refractivity contribution is -0.148. The molecule has 1 aromatic carbocycles. The Morgan fingerprint density at radius 3 is 2.27 bits per heavy atom. The fourth-order valence-electron chi connectivity index (χ4n) is 1.42. The van der Waals surface area contributed by atoms with Gasteiger partial charge in [0, 0.05) is 6.42 Å². The zero-order valence-electron chi connectivity index (χ0n) is 9.40. The average Bonchev–Trinajstić information content (AvgIpc) is 2.18. The summed E-state index contributed by atoms with van der Waals surface area (Å²) >= 11 is 0. The highest BCUT2D eigenvalue weighted by molar-refractivity contribution is 5.78. The molecular formula is C12H17NO2. The molecule has 0 saturated carbocycles. The normalized spacial score (nSPS) is 14.9. The van der Waals surface area contributed by atoms with E-state index in [1.807, 2.05) is 30.3 Å². The summed E-state index contributed by atoms with van der Waals surface area (Å²) in [5.41, 5.74) is 0.192. The third-order valence-electron chi connectivity index (χ3n) is 2.84. The lowest BCUT2D eigenvalue weighted by Crippen LogP contribution is -2.50. The van der Waals surface area contributed by atoms with Gasteiger partial charge < -0.3 is 5.11 Å². The Bertz CT molecular complexity index is 335. The van der Waals surface area contributed by atoms with Crippen molar-refractivity contribution in [1.29, 1.82) is 0 Å². The van der Waals surface area contributed by atoms with Crippen molar-refractivity contribution in [3.05, 3.63) is 35.9 Å². The van der Waals surface area contributed by atoms with E-state index in [0.29, 0.717) is 6.42 Å². The first-order valence-corrected chi connectivity index (χ1v) is 4.91. The Kier molecular flexibility index (Phi) is 3.48. The second-order valence-corrected chi connectivity index (χ2v) is 4.14. The molecule has 0 saturated heterocycles. The van der Waals surface area contributed by atoms with Gasteiger partial charge in [0.1, 0.15) is 5.54 Å². The maximum absolute atomic E-state index is 11.2. The van der Waals surface area contributed by atoms with Crippen LogP contribution >= 0.6 is 0 Å². The fraction of sp³-hybridized carbons (Fsp3) is 0.417. The molecule has 0 aliphatic heterocycles. The number of likely N-dealkylation sites (N-methyl/N-ethyl adjacent to an activating group) is 1. The van der Waals surface area contributed by atoms with Gasteiger partial charge in [-0.25, -0.2) is 0 Å². The molecule has 1 N–H and O–H groups in total. The number of hydrogen-bond donors (Lipinski definition) is 1. The molecule has 0 aliphatic carbocycles. The third kappa shape index (κ3) is 2.57. The highest BCUT2D eigenvalue weighted by atomic mass is 16.4. The lowest BCUT2D eigenvalue weighted by atomic mass is 9.92. The smallest absolute Gasteiger partial charge is 0.324 e. The van der Waals surface area contributed by atoms with E-state index in [1.165, 1.54) is 0 Å². The number of hydrogen-bond acceptors (Lipinski definition) is 2. The van der Waals surface area contributed by atoms with Crippen LogP contribution in [0.25, 0.3) is 0 Å². The summed E-state index contributed by atoms with van der Waals surface area (Å²) in [7, 11) is 3.58. The fourth-order valence-corrected chi connectivity index (χ4v) is 1.42. The van der Waals surface area contributed by atoms with Crippen molar-refractivity contribution in [2.24, 2.45) is 0 Å². The Labute approximate surface area is 90.3 Å². The molecule has 0 spiro atoms. The van der Waals surface area contributed by atoms with Crippen molar-refractivity contribution in [1.82, 2.24) is 4.90 Å². The van der Waals surface area contributed by atoms with Gasteiger partial charge in [-0.2, -0.15) is 0 Å². The van der Waals surface area contributed by atoms with Gasteiger partial charge in [0.2, 0.25) is 0 Å². The quantitative estimate of drug-likeness (QED) is 0.815. The average molecular weight is 207 g/mol. The van der Waals surface area contributed by atoms with Crippen LogP contribution in [0.2, 0.25) is 0 Å². The Morgan fingerprint density at radius 1 is 1.33 bits per heavy atom. The van der Waals surface area contributed by atoms with Crippen LogP contribution in [0, 0.1) is 0 Å². The van der Waals surface area contributed by atoms with E-state index in [-0.39, 0.29) is 0 Å². The van der Waals surface area contributed by atoms with Crippen LogP contribution in [0.4, 0.5) is 0 Å². The van der Waals surface area contributed by atoms with E-state index in [2.05, 4.69) is 0 Å². The first-order valence-electron chi connectivity index (χ1n) is 4.91. The molecule has 0 aliphatic rings. The molecule has 1 rings (SSSR count). The number of aliphatic carboxylic acids is 1. The summed E-state index contributed by atoms with van der Waals surface area (Å²) in [5.74, 6) is -0.795. The first kappa shape index (κ1) is 11.7. The topological polar surface area (TPSA) is 40.5 Å². The second kappa shape index (κ2) is 4.45. The van der Waals surface area contributed by atoms with Gasteiger partial charge in [-0.1, -0.05) is 30.3 Å². The van der Waals surface area contributed by atoms with E-state index < -0.39 is 11.5 Å². The van der Waals surface area contributed by atoms with Crippen LogP contribution in [0.15, 0.2) is 30.3 Å². The van der Waals surface area contributed by atoms with Crippen LogP contribution in [-0.4, -0.2) is 35.6 Å². The standard InChI is InChI=1S/C12H17NO2/c1-12(11(14)15,13(2)3)9-10-7-5-4-6-8-10/h4-8H,9H2,1-3H3,(H,14,15). The van der Waals surface area contributed by atoms with Gasteiger partial charge in [-0.3, -0.25) is 9.69 Å². The molecule has 0 fully saturated rings. The third-order valence-corrected chi connectivity index (χ3v) is 2.84. The first-order chi connectivity index (χ1) is 6.97. The Balaban J connectivity index is 2.90. The van der Waals surface area contributed by atoms with Crippen molar-refractivity contribution >= 4 is 5.97 Å². The van der Waals surface area contributed by atoms with Gasteiger partial charge in [-0.15, -0.1) is 0 Å². The van der Waals surface area contributed by atoms with Crippen LogP contribution in [-0.2, 0) is 11.2 Å². The minimum Gasteiger partial charge on any atom is -0.480 e. The van der Waals surface area contributed by atoms with Crippen LogP contribution < -0.4 is 0 Å². The molecule has 1 atom stereocenters. The van der Waals surface area contributed by atoms with Gasteiger partial charge in [0.15, 0.2) is 0 Å².